The molecule has 7 heteroatoms. The molecule has 0 N–H and O–H groups in total. The van der Waals surface area contributed by atoms with Crippen LogP contribution in [-0.2, 0) is 16.2 Å². The van der Waals surface area contributed by atoms with Crippen LogP contribution < -0.4 is 5.43 Å². The summed E-state index contributed by atoms with van der Waals surface area (Å²) in [4.78, 5) is 17.2. The number of pyridine rings is 2. The van der Waals surface area contributed by atoms with Gasteiger partial charge < -0.3 is 18.6 Å². The van der Waals surface area contributed by atoms with E-state index in [4.69, 9.17) is 9.47 Å². The maximum Gasteiger partial charge on any atom is 0.190 e. The van der Waals surface area contributed by atoms with Gasteiger partial charge >= 0.3 is 0 Å². The van der Waals surface area contributed by atoms with E-state index in [1.165, 1.54) is 0 Å². The van der Waals surface area contributed by atoms with Crippen molar-refractivity contribution in [2.75, 3.05) is 13.7 Å². The minimum atomic E-state index is -1.11. The summed E-state index contributed by atoms with van der Waals surface area (Å²) in [5.74, 6) is 0. The molecule has 0 aromatic carbocycles. The molecule has 30 heavy (non-hydrogen) atoms. The molecule has 0 aliphatic heterocycles. The molecule has 1 fully saturated rings. The minimum absolute atomic E-state index is 0.0281. The van der Waals surface area contributed by atoms with Crippen LogP contribution in [-0.4, -0.2) is 42.0 Å². The van der Waals surface area contributed by atoms with Gasteiger partial charge in [0.15, 0.2) is 5.43 Å². The lowest BCUT2D eigenvalue weighted by atomic mass is 9.92. The van der Waals surface area contributed by atoms with Crippen molar-refractivity contribution in [2.24, 2.45) is 0 Å². The third-order valence-electron chi connectivity index (χ3n) is 6.27. The second-order valence-corrected chi connectivity index (χ2v) is 15.3. The maximum atomic E-state index is 12.6. The molecule has 1 aliphatic rings. The maximum absolute atomic E-state index is 12.6. The average molecular weight is 428 g/mol. The van der Waals surface area contributed by atoms with Crippen LogP contribution in [0.5, 0.6) is 0 Å². The lowest BCUT2D eigenvalue weighted by Crippen LogP contribution is -2.24. The summed E-state index contributed by atoms with van der Waals surface area (Å²) in [5.41, 5.74) is 1.90. The minimum Gasteiger partial charge on any atom is -0.381 e. The van der Waals surface area contributed by atoms with Crippen LogP contribution in [0.2, 0.25) is 25.7 Å². The van der Waals surface area contributed by atoms with Gasteiger partial charge in [0, 0.05) is 57.9 Å². The monoisotopic (exact) mass is 427 g/mol. The Morgan fingerprint density at radius 2 is 1.87 bits per heavy atom. The molecule has 162 valence electrons. The van der Waals surface area contributed by atoms with Crippen LogP contribution in [0.3, 0.4) is 0 Å². The predicted molar refractivity (Wildman–Crippen MR) is 124 cm³/mol. The summed E-state index contributed by atoms with van der Waals surface area (Å²) in [6.07, 6.45) is 10.3. The third kappa shape index (κ3) is 4.38. The zero-order chi connectivity index (χ0) is 21.3. The molecule has 3 aromatic rings. The van der Waals surface area contributed by atoms with Gasteiger partial charge in [-0.25, -0.2) is 4.98 Å². The van der Waals surface area contributed by atoms with Gasteiger partial charge in [-0.3, -0.25) is 4.79 Å². The van der Waals surface area contributed by atoms with Crippen molar-refractivity contribution in [3.63, 3.8) is 0 Å². The van der Waals surface area contributed by atoms with E-state index in [-0.39, 0.29) is 5.43 Å². The van der Waals surface area contributed by atoms with Gasteiger partial charge in [-0.05, 0) is 37.8 Å². The van der Waals surface area contributed by atoms with Crippen LogP contribution in [0.1, 0.15) is 31.7 Å². The van der Waals surface area contributed by atoms with Crippen molar-refractivity contribution in [1.82, 2.24) is 14.1 Å². The summed E-state index contributed by atoms with van der Waals surface area (Å²) in [6, 6.07) is 5.27. The molecular weight excluding hydrogens is 394 g/mol. The Balaban J connectivity index is 1.66. The zero-order valence-electron chi connectivity index (χ0n) is 18.6. The molecule has 1 aliphatic carbocycles. The number of hydrogen-bond acceptors (Lipinski definition) is 4. The first kappa shape index (κ1) is 21.3. The smallest absolute Gasteiger partial charge is 0.190 e. The Hall–Kier alpha value is -1.96. The molecule has 3 heterocycles. The highest BCUT2D eigenvalue weighted by atomic mass is 28.3. The van der Waals surface area contributed by atoms with Crippen molar-refractivity contribution >= 4 is 30.0 Å². The first-order valence-corrected chi connectivity index (χ1v) is 14.7. The molecule has 0 atom stereocenters. The molecule has 0 spiro atoms. The van der Waals surface area contributed by atoms with Crippen LogP contribution in [0, 0.1) is 0 Å². The molecule has 3 aromatic heterocycles. The number of rotatable bonds is 7. The Labute approximate surface area is 178 Å². The number of aromatic nitrogens is 3. The van der Waals surface area contributed by atoms with Gasteiger partial charge in [-0.1, -0.05) is 19.6 Å². The third-order valence-corrected chi connectivity index (χ3v) is 7.97. The molecule has 1 saturated carbocycles. The first-order valence-electron chi connectivity index (χ1n) is 11.0. The van der Waals surface area contributed by atoms with Crippen LogP contribution >= 0.6 is 0 Å². The molecule has 0 unspecified atom stereocenters. The van der Waals surface area contributed by atoms with E-state index < -0.39 is 8.07 Å². The van der Waals surface area contributed by atoms with Crippen molar-refractivity contribution in [3.05, 3.63) is 40.9 Å². The highest BCUT2D eigenvalue weighted by molar-refractivity contribution is 6.76. The van der Waals surface area contributed by atoms with E-state index in [2.05, 4.69) is 35.3 Å². The largest absolute Gasteiger partial charge is 0.381 e. The van der Waals surface area contributed by atoms with Gasteiger partial charge in [-0.2, -0.15) is 0 Å². The number of nitrogens with zero attached hydrogens (tertiary/aromatic N) is 3. The molecule has 0 radical (unpaired) electrons. The van der Waals surface area contributed by atoms with Crippen LogP contribution in [0.4, 0.5) is 0 Å². The molecule has 0 saturated heterocycles. The SMILES string of the molecule is CO[C@H]1CC[C@H](n2ccc(=O)c3cnc4c(ccn4COCC[Si](C)(C)C)c32)CC1. The van der Waals surface area contributed by atoms with Crippen molar-refractivity contribution in [2.45, 2.75) is 70.2 Å². The van der Waals surface area contributed by atoms with Crippen LogP contribution in [0.25, 0.3) is 21.9 Å². The number of methoxy groups -OCH3 is 1. The van der Waals surface area contributed by atoms with E-state index in [1.54, 1.807) is 19.4 Å². The quantitative estimate of drug-likeness (QED) is 0.402. The van der Waals surface area contributed by atoms with E-state index in [0.717, 1.165) is 54.9 Å². The number of ether oxygens (including phenoxy) is 2. The lowest BCUT2D eigenvalue weighted by molar-refractivity contribution is 0.0589. The van der Waals surface area contributed by atoms with Crippen molar-refractivity contribution in [1.29, 1.82) is 0 Å². The topological polar surface area (TPSA) is 58.3 Å². The average Bonchev–Trinajstić information content (AvgIpc) is 3.14. The van der Waals surface area contributed by atoms with Gasteiger partial charge in [0.05, 0.1) is 17.0 Å². The van der Waals surface area contributed by atoms with Crippen molar-refractivity contribution < 1.29 is 9.47 Å². The number of hydrogen-bond donors (Lipinski definition) is 0. The lowest BCUT2D eigenvalue weighted by Gasteiger charge is -2.30. The summed E-state index contributed by atoms with van der Waals surface area (Å²) < 4.78 is 15.8. The van der Waals surface area contributed by atoms with Crippen LogP contribution in [0.15, 0.2) is 35.5 Å². The van der Waals surface area contributed by atoms with E-state index in [1.807, 2.05) is 17.0 Å². The summed E-state index contributed by atoms with van der Waals surface area (Å²) in [6.45, 7) is 8.33. The second-order valence-electron chi connectivity index (χ2n) is 9.64. The highest BCUT2D eigenvalue weighted by Crippen LogP contribution is 2.33. The first-order chi connectivity index (χ1) is 14.4. The second kappa shape index (κ2) is 8.65. The normalized spacial score (nSPS) is 20.3. The zero-order valence-corrected chi connectivity index (χ0v) is 19.6. The van der Waals surface area contributed by atoms with E-state index >= 15 is 0 Å². The number of fused-ring (bicyclic) bond motifs is 3. The van der Waals surface area contributed by atoms with E-state index in [9.17, 15) is 4.79 Å². The molecule has 4 rings (SSSR count). The standard InChI is InChI=1S/C23H33N3O3Si/c1-28-18-7-5-17(6-8-18)26-12-10-21(27)20-15-24-23-19(22(20)26)9-11-25(23)16-29-13-14-30(2,3)4/h9-12,15,17-18H,5-8,13-14,16H2,1-4H3/t17-,18-. The highest BCUT2D eigenvalue weighted by Gasteiger charge is 2.24. The molecule has 0 bridgehead atoms. The summed E-state index contributed by atoms with van der Waals surface area (Å²) in [7, 11) is 0.688. The fourth-order valence-corrected chi connectivity index (χ4v) is 5.16. The Kier molecular flexibility index (Phi) is 6.13. The van der Waals surface area contributed by atoms with Gasteiger partial charge in [0.25, 0.3) is 0 Å². The van der Waals surface area contributed by atoms with Crippen molar-refractivity contribution in [3.8, 4) is 0 Å². The summed E-state index contributed by atoms with van der Waals surface area (Å²) >= 11 is 0. The Morgan fingerprint density at radius 3 is 2.57 bits per heavy atom. The Bertz CT molecular complexity index is 1070. The molecule has 6 nitrogen and oxygen atoms in total. The van der Waals surface area contributed by atoms with Gasteiger partial charge in [0.1, 0.15) is 12.4 Å². The molecular formula is C23H33N3O3Si. The van der Waals surface area contributed by atoms with Gasteiger partial charge in [0.2, 0.25) is 0 Å². The molecule has 0 amide bonds. The fraction of sp³-hybridized carbons (Fsp3) is 0.565. The van der Waals surface area contributed by atoms with E-state index in [0.29, 0.717) is 24.3 Å². The predicted octanol–water partition coefficient (Wildman–Crippen LogP) is 4.79. The summed E-state index contributed by atoms with van der Waals surface area (Å²) in [5, 5.41) is 1.71. The Morgan fingerprint density at radius 1 is 1.10 bits per heavy atom. The fourth-order valence-electron chi connectivity index (χ4n) is 4.40. The van der Waals surface area contributed by atoms with Gasteiger partial charge in [-0.15, -0.1) is 0 Å².